The Hall–Kier alpha value is -6.14. The van der Waals surface area contributed by atoms with E-state index >= 15 is 0 Å². The second-order valence-corrected chi connectivity index (χ2v) is 11.7. The summed E-state index contributed by atoms with van der Waals surface area (Å²) < 4.78 is 57.6. The van der Waals surface area contributed by atoms with Gasteiger partial charge in [-0.2, -0.15) is 0 Å². The molecule has 0 aliphatic carbocycles. The highest BCUT2D eigenvalue weighted by atomic mass is 19.1. The fraction of sp³-hybridized carbons (Fsp3) is 0.179. The molecule has 0 aliphatic heterocycles. The minimum Gasteiger partial charge on any atom is -0.494 e. The molecule has 10 nitrogen and oxygen atoms in total. The molecule has 0 spiro atoms. The molecule has 0 radical (unpaired) electrons. The first-order chi connectivity index (χ1) is 24.9. The summed E-state index contributed by atoms with van der Waals surface area (Å²) in [6.45, 7) is 2.20. The van der Waals surface area contributed by atoms with Crippen molar-refractivity contribution in [3.63, 3.8) is 0 Å². The maximum Gasteiger partial charge on any atom is 0.193 e. The Kier molecular flexibility index (Phi) is 9.93. The van der Waals surface area contributed by atoms with Crippen LogP contribution in [0.3, 0.4) is 0 Å². The van der Waals surface area contributed by atoms with Crippen molar-refractivity contribution >= 4 is 21.9 Å². The van der Waals surface area contributed by atoms with E-state index in [0.717, 1.165) is 12.1 Å². The molecule has 0 aliphatic rings. The first-order valence-corrected chi connectivity index (χ1v) is 16.3. The van der Waals surface area contributed by atoms with Crippen LogP contribution in [0.25, 0.3) is 44.6 Å². The Morgan fingerprint density at radius 2 is 1.18 bits per heavy atom. The number of hydrogen-bond donors (Lipinski definition) is 0. The summed E-state index contributed by atoms with van der Waals surface area (Å²) in [5.74, 6) is 1.13. The Balaban J connectivity index is 0.790. The van der Waals surface area contributed by atoms with Gasteiger partial charge >= 0.3 is 0 Å². The largest absolute Gasteiger partial charge is 0.494 e. The van der Waals surface area contributed by atoms with Crippen LogP contribution in [-0.2, 0) is 17.7 Å². The molecular weight excluding hydrogens is 660 g/mol. The Labute approximate surface area is 289 Å². The first-order valence-electron chi connectivity index (χ1n) is 16.3. The summed E-state index contributed by atoms with van der Waals surface area (Å²) in [4.78, 5) is 24.8. The van der Waals surface area contributed by atoms with Crippen molar-refractivity contribution in [3.05, 3.63) is 141 Å². The Bertz CT molecular complexity index is 2400. The number of aromatic nitrogens is 3. The van der Waals surface area contributed by atoms with Crippen molar-refractivity contribution in [2.24, 2.45) is 0 Å². The third kappa shape index (κ3) is 8.19. The van der Waals surface area contributed by atoms with Crippen molar-refractivity contribution in [2.75, 3.05) is 26.4 Å². The van der Waals surface area contributed by atoms with E-state index in [4.69, 9.17) is 23.0 Å². The molecular formula is C39H31F2N3O7. The predicted molar refractivity (Wildman–Crippen MR) is 186 cm³/mol. The fourth-order valence-corrected chi connectivity index (χ4v) is 5.46. The van der Waals surface area contributed by atoms with E-state index in [2.05, 4.69) is 10.3 Å². The molecule has 12 heteroatoms. The van der Waals surface area contributed by atoms with Gasteiger partial charge in [-0.05, 0) is 97.8 Å². The van der Waals surface area contributed by atoms with E-state index in [-0.39, 0.29) is 21.6 Å². The van der Waals surface area contributed by atoms with Crippen LogP contribution >= 0.6 is 0 Å². The number of rotatable bonds is 14. The summed E-state index contributed by atoms with van der Waals surface area (Å²) in [6, 6.07) is 24.8. The summed E-state index contributed by atoms with van der Waals surface area (Å²) in [5.41, 5.74) is 2.29. The Morgan fingerprint density at radius 3 is 1.75 bits per heavy atom. The molecule has 7 rings (SSSR count). The smallest absolute Gasteiger partial charge is 0.193 e. The lowest BCUT2D eigenvalue weighted by Gasteiger charge is -2.08. The van der Waals surface area contributed by atoms with Crippen molar-refractivity contribution in [1.29, 1.82) is 0 Å². The van der Waals surface area contributed by atoms with Gasteiger partial charge in [0, 0.05) is 29.5 Å². The minimum atomic E-state index is -0.489. The van der Waals surface area contributed by atoms with Gasteiger partial charge < -0.3 is 23.0 Å². The highest BCUT2D eigenvalue weighted by Gasteiger charge is 2.10. The molecule has 3 heterocycles. The third-order valence-electron chi connectivity index (χ3n) is 8.05. The molecule has 0 atom stereocenters. The zero-order valence-electron chi connectivity index (χ0n) is 27.2. The Morgan fingerprint density at radius 1 is 0.627 bits per heavy atom. The number of ether oxygens (including phenoxy) is 3. The van der Waals surface area contributed by atoms with Gasteiger partial charge in [-0.3, -0.25) is 9.59 Å². The average molecular weight is 692 g/mol. The molecule has 258 valence electrons. The maximum atomic E-state index is 13.5. The van der Waals surface area contributed by atoms with Crippen molar-refractivity contribution in [1.82, 2.24) is 15.0 Å². The number of fused-ring (bicyclic) bond motifs is 2. The van der Waals surface area contributed by atoms with E-state index in [1.807, 2.05) is 30.5 Å². The van der Waals surface area contributed by atoms with Crippen LogP contribution in [0.15, 0.2) is 122 Å². The van der Waals surface area contributed by atoms with Crippen LogP contribution < -0.4 is 20.3 Å². The molecule has 0 bridgehead atoms. The van der Waals surface area contributed by atoms with Crippen molar-refractivity contribution < 1.29 is 31.8 Å². The standard InChI is InChI=1S/C39H31F2N3O7/c40-27-7-13-36-32(20-27)34(45)22-38(50-36)25-3-9-30(10-4-25)48-16-1-2-29-24-44(43-42-29)15-17-47-18-19-49-31-11-5-26(6-12-31)39-23-35(46)33-21-28(41)8-14-37(33)51-39/h3-14,20-24H,1-2,15-19H2. The van der Waals surface area contributed by atoms with Crippen LogP contribution in [0, 0.1) is 11.6 Å². The number of benzene rings is 4. The molecule has 51 heavy (non-hydrogen) atoms. The van der Waals surface area contributed by atoms with E-state index < -0.39 is 11.6 Å². The van der Waals surface area contributed by atoms with Crippen LogP contribution in [-0.4, -0.2) is 41.4 Å². The van der Waals surface area contributed by atoms with Gasteiger partial charge in [0.2, 0.25) is 0 Å². The van der Waals surface area contributed by atoms with Gasteiger partial charge in [0.25, 0.3) is 0 Å². The van der Waals surface area contributed by atoms with E-state index in [1.165, 1.54) is 48.5 Å². The summed E-state index contributed by atoms with van der Waals surface area (Å²) in [5, 5.41) is 8.80. The molecule has 0 saturated carbocycles. The number of aryl methyl sites for hydroxylation is 1. The molecule has 0 unspecified atom stereocenters. The summed E-state index contributed by atoms with van der Waals surface area (Å²) in [6.07, 6.45) is 3.32. The van der Waals surface area contributed by atoms with E-state index in [0.29, 0.717) is 84.7 Å². The second kappa shape index (κ2) is 15.2. The van der Waals surface area contributed by atoms with Crippen molar-refractivity contribution in [3.8, 4) is 34.1 Å². The highest BCUT2D eigenvalue weighted by molar-refractivity contribution is 5.79. The normalized spacial score (nSPS) is 11.3. The zero-order valence-corrected chi connectivity index (χ0v) is 27.2. The van der Waals surface area contributed by atoms with E-state index in [9.17, 15) is 18.4 Å². The van der Waals surface area contributed by atoms with Crippen LogP contribution in [0.2, 0.25) is 0 Å². The molecule has 7 aromatic rings. The molecule has 0 N–H and O–H groups in total. The summed E-state index contributed by atoms with van der Waals surface area (Å²) in [7, 11) is 0. The third-order valence-corrected chi connectivity index (χ3v) is 8.05. The average Bonchev–Trinajstić information content (AvgIpc) is 3.60. The van der Waals surface area contributed by atoms with Gasteiger partial charge in [0.1, 0.15) is 52.4 Å². The monoisotopic (exact) mass is 691 g/mol. The molecule has 0 fully saturated rings. The number of halogens is 2. The molecule has 0 saturated heterocycles. The van der Waals surface area contributed by atoms with Gasteiger partial charge in [-0.15, -0.1) is 5.10 Å². The maximum absolute atomic E-state index is 13.5. The lowest BCUT2D eigenvalue weighted by molar-refractivity contribution is 0.0923. The number of nitrogens with zero attached hydrogens (tertiary/aromatic N) is 3. The molecule has 4 aromatic carbocycles. The van der Waals surface area contributed by atoms with Crippen LogP contribution in [0.4, 0.5) is 8.78 Å². The van der Waals surface area contributed by atoms with Gasteiger partial charge in [0.05, 0.1) is 42.8 Å². The highest BCUT2D eigenvalue weighted by Crippen LogP contribution is 2.26. The second-order valence-electron chi connectivity index (χ2n) is 11.7. The zero-order chi connectivity index (χ0) is 35.2. The van der Waals surface area contributed by atoms with Crippen molar-refractivity contribution in [2.45, 2.75) is 19.4 Å². The lowest BCUT2D eigenvalue weighted by atomic mass is 10.1. The van der Waals surface area contributed by atoms with Crippen LogP contribution in [0.5, 0.6) is 11.5 Å². The minimum absolute atomic E-state index is 0.199. The topological polar surface area (TPSA) is 119 Å². The van der Waals surface area contributed by atoms with Gasteiger partial charge in [-0.25, -0.2) is 13.5 Å². The predicted octanol–water partition coefficient (Wildman–Crippen LogP) is 7.21. The quantitative estimate of drug-likeness (QED) is 0.109. The first kappa shape index (κ1) is 33.4. The molecule has 3 aromatic heterocycles. The van der Waals surface area contributed by atoms with Gasteiger partial charge in [-0.1, -0.05) is 5.21 Å². The van der Waals surface area contributed by atoms with E-state index in [1.54, 1.807) is 28.9 Å². The lowest BCUT2D eigenvalue weighted by Crippen LogP contribution is -2.11. The number of hydrogen-bond acceptors (Lipinski definition) is 9. The SMILES string of the molecule is O=c1cc(-c2ccc(OCCCc3cn(CCOCCOc4ccc(-c5cc(=O)c6cc(F)ccc6o5)cc4)nn3)cc2)oc2ccc(F)cc12. The van der Waals surface area contributed by atoms with Crippen LogP contribution in [0.1, 0.15) is 12.1 Å². The molecule has 0 amide bonds. The summed E-state index contributed by atoms with van der Waals surface area (Å²) >= 11 is 0. The fourth-order valence-electron chi connectivity index (χ4n) is 5.46. The van der Waals surface area contributed by atoms with Gasteiger partial charge in [0.15, 0.2) is 10.9 Å².